The van der Waals surface area contributed by atoms with E-state index < -0.39 is 0 Å². The van der Waals surface area contributed by atoms with Crippen molar-refractivity contribution >= 4 is 5.69 Å². The molecule has 13 heavy (non-hydrogen) atoms. The summed E-state index contributed by atoms with van der Waals surface area (Å²) in [5.41, 5.74) is 6.85. The van der Waals surface area contributed by atoms with Gasteiger partial charge in [0.1, 0.15) is 5.82 Å². The molecule has 3 heteroatoms. The Hall–Kier alpha value is -1.09. The summed E-state index contributed by atoms with van der Waals surface area (Å²) in [6, 6.07) is 5.20. The first-order chi connectivity index (χ1) is 6.13. The fourth-order valence-electron chi connectivity index (χ4n) is 1.06. The lowest BCUT2D eigenvalue weighted by Gasteiger charge is -2.13. The molecule has 0 amide bonds. The molecule has 0 saturated carbocycles. The number of hydrogen-bond acceptors (Lipinski definition) is 2. The number of nitrogens with one attached hydrogen (secondary N) is 1. The predicted octanol–water partition coefficient (Wildman–Crippen LogP) is 1.89. The van der Waals surface area contributed by atoms with Gasteiger partial charge in [-0.2, -0.15) is 0 Å². The molecule has 1 aromatic carbocycles. The minimum Gasteiger partial charge on any atom is -0.379 e. The lowest BCUT2D eigenvalue weighted by Crippen LogP contribution is -2.25. The molecule has 0 aliphatic heterocycles. The number of anilines is 1. The average Bonchev–Trinajstić information content (AvgIpc) is 2.09. The first kappa shape index (κ1) is 9.99. The maximum atomic E-state index is 13.2. The second kappa shape index (κ2) is 4.23. The first-order valence-electron chi connectivity index (χ1n) is 4.36. The summed E-state index contributed by atoms with van der Waals surface area (Å²) in [5, 5.41) is 2.99. The van der Waals surface area contributed by atoms with Crippen LogP contribution in [0.2, 0.25) is 0 Å². The Kier molecular flexibility index (Phi) is 3.25. The quantitative estimate of drug-likeness (QED) is 0.749. The highest BCUT2D eigenvalue weighted by Crippen LogP contribution is 2.15. The normalized spacial score (nSPS) is 12.6. The third-order valence-corrected chi connectivity index (χ3v) is 1.88. The van der Waals surface area contributed by atoms with Crippen LogP contribution in [0.25, 0.3) is 0 Å². The van der Waals surface area contributed by atoms with E-state index in [9.17, 15) is 4.39 Å². The number of halogens is 1. The van der Waals surface area contributed by atoms with E-state index in [2.05, 4.69) is 5.32 Å². The summed E-state index contributed by atoms with van der Waals surface area (Å²) in [5.74, 6) is -0.222. The van der Waals surface area contributed by atoms with Gasteiger partial charge in [-0.1, -0.05) is 6.07 Å². The number of benzene rings is 1. The Morgan fingerprint density at radius 2 is 2.23 bits per heavy atom. The molecule has 0 radical (unpaired) electrons. The van der Waals surface area contributed by atoms with Gasteiger partial charge >= 0.3 is 0 Å². The molecule has 1 atom stereocenters. The van der Waals surface area contributed by atoms with Crippen LogP contribution in [0.5, 0.6) is 0 Å². The van der Waals surface area contributed by atoms with Gasteiger partial charge in [0.05, 0.1) is 5.69 Å². The van der Waals surface area contributed by atoms with Crippen LogP contribution in [-0.2, 0) is 0 Å². The van der Waals surface area contributed by atoms with Gasteiger partial charge in [0.2, 0.25) is 0 Å². The molecule has 72 valence electrons. The van der Waals surface area contributed by atoms with Crippen LogP contribution in [0.1, 0.15) is 12.5 Å². The molecule has 0 spiro atoms. The van der Waals surface area contributed by atoms with Crippen molar-refractivity contribution in [1.29, 1.82) is 0 Å². The van der Waals surface area contributed by atoms with Gasteiger partial charge in [-0.15, -0.1) is 0 Å². The van der Waals surface area contributed by atoms with Gasteiger partial charge in [-0.3, -0.25) is 0 Å². The summed E-state index contributed by atoms with van der Waals surface area (Å²) in [4.78, 5) is 0. The zero-order chi connectivity index (χ0) is 9.84. The van der Waals surface area contributed by atoms with Crippen molar-refractivity contribution in [2.75, 3.05) is 11.9 Å². The highest BCUT2D eigenvalue weighted by molar-refractivity contribution is 5.46. The highest BCUT2D eigenvalue weighted by Gasteiger charge is 2.04. The second-order valence-electron chi connectivity index (χ2n) is 3.26. The van der Waals surface area contributed by atoms with E-state index in [0.717, 1.165) is 5.56 Å². The molecular formula is C10H15FN2. The van der Waals surface area contributed by atoms with Crippen molar-refractivity contribution in [1.82, 2.24) is 0 Å². The average molecular weight is 182 g/mol. The SMILES string of the molecule is Cc1ccc(NC(C)CN)c(F)c1. The van der Waals surface area contributed by atoms with Crippen molar-refractivity contribution in [2.45, 2.75) is 19.9 Å². The summed E-state index contributed by atoms with van der Waals surface area (Å²) in [6.07, 6.45) is 0. The van der Waals surface area contributed by atoms with Crippen LogP contribution in [0.3, 0.4) is 0 Å². The van der Waals surface area contributed by atoms with Gasteiger partial charge in [-0.05, 0) is 31.5 Å². The lowest BCUT2D eigenvalue weighted by atomic mass is 10.2. The number of rotatable bonds is 3. The smallest absolute Gasteiger partial charge is 0.146 e. The molecule has 0 saturated heterocycles. The third-order valence-electron chi connectivity index (χ3n) is 1.88. The van der Waals surface area contributed by atoms with Crippen LogP contribution < -0.4 is 11.1 Å². The Bertz CT molecular complexity index is 286. The maximum Gasteiger partial charge on any atom is 0.146 e. The summed E-state index contributed by atoms with van der Waals surface area (Å²) in [7, 11) is 0. The topological polar surface area (TPSA) is 38.0 Å². The molecule has 2 nitrogen and oxygen atoms in total. The molecule has 3 N–H and O–H groups in total. The van der Waals surface area contributed by atoms with E-state index in [0.29, 0.717) is 12.2 Å². The molecule has 0 aliphatic carbocycles. The second-order valence-corrected chi connectivity index (χ2v) is 3.26. The summed E-state index contributed by atoms with van der Waals surface area (Å²) >= 11 is 0. The molecule has 0 heterocycles. The van der Waals surface area contributed by atoms with Crippen LogP contribution in [-0.4, -0.2) is 12.6 Å². The first-order valence-corrected chi connectivity index (χ1v) is 4.36. The maximum absolute atomic E-state index is 13.2. The molecule has 0 fully saturated rings. The molecule has 1 aromatic rings. The summed E-state index contributed by atoms with van der Waals surface area (Å²) in [6.45, 7) is 4.27. The lowest BCUT2D eigenvalue weighted by molar-refractivity contribution is 0.625. The van der Waals surface area contributed by atoms with E-state index in [1.54, 1.807) is 6.07 Å². The highest BCUT2D eigenvalue weighted by atomic mass is 19.1. The predicted molar refractivity (Wildman–Crippen MR) is 53.3 cm³/mol. The van der Waals surface area contributed by atoms with Crippen molar-refractivity contribution in [2.24, 2.45) is 5.73 Å². The van der Waals surface area contributed by atoms with Crippen LogP contribution in [0.15, 0.2) is 18.2 Å². The Labute approximate surface area is 77.9 Å². The molecule has 0 aliphatic rings. The molecule has 1 rings (SSSR count). The minimum absolute atomic E-state index is 0.0946. The standard InChI is InChI=1S/C10H15FN2/c1-7-3-4-10(9(11)5-7)13-8(2)6-12/h3-5,8,13H,6,12H2,1-2H3. The van der Waals surface area contributed by atoms with E-state index in [1.165, 1.54) is 6.07 Å². The van der Waals surface area contributed by atoms with E-state index >= 15 is 0 Å². The largest absolute Gasteiger partial charge is 0.379 e. The van der Waals surface area contributed by atoms with Gasteiger partial charge in [-0.25, -0.2) is 4.39 Å². The van der Waals surface area contributed by atoms with Gasteiger partial charge in [0.25, 0.3) is 0 Å². The third kappa shape index (κ3) is 2.70. The molecule has 0 bridgehead atoms. The zero-order valence-corrected chi connectivity index (χ0v) is 7.97. The number of nitrogens with two attached hydrogens (primary N) is 1. The van der Waals surface area contributed by atoms with E-state index in [-0.39, 0.29) is 11.9 Å². The number of hydrogen-bond donors (Lipinski definition) is 2. The fourth-order valence-corrected chi connectivity index (χ4v) is 1.06. The monoisotopic (exact) mass is 182 g/mol. The van der Waals surface area contributed by atoms with Crippen molar-refractivity contribution in [3.8, 4) is 0 Å². The Morgan fingerprint density at radius 1 is 1.54 bits per heavy atom. The zero-order valence-electron chi connectivity index (χ0n) is 7.97. The van der Waals surface area contributed by atoms with Gasteiger partial charge < -0.3 is 11.1 Å². The van der Waals surface area contributed by atoms with Gasteiger partial charge in [0, 0.05) is 12.6 Å². The molecule has 1 unspecified atom stereocenters. The van der Waals surface area contributed by atoms with E-state index in [4.69, 9.17) is 5.73 Å². The van der Waals surface area contributed by atoms with Crippen LogP contribution in [0, 0.1) is 12.7 Å². The van der Waals surface area contributed by atoms with Crippen molar-refractivity contribution < 1.29 is 4.39 Å². The fraction of sp³-hybridized carbons (Fsp3) is 0.400. The molecular weight excluding hydrogens is 167 g/mol. The van der Waals surface area contributed by atoms with Gasteiger partial charge in [0.15, 0.2) is 0 Å². The minimum atomic E-state index is -0.222. The van der Waals surface area contributed by atoms with Crippen LogP contribution >= 0.6 is 0 Å². The van der Waals surface area contributed by atoms with Crippen molar-refractivity contribution in [3.63, 3.8) is 0 Å². The van der Waals surface area contributed by atoms with Crippen LogP contribution in [0.4, 0.5) is 10.1 Å². The number of aryl methyl sites for hydroxylation is 1. The van der Waals surface area contributed by atoms with Crippen molar-refractivity contribution in [3.05, 3.63) is 29.6 Å². The van der Waals surface area contributed by atoms with E-state index in [1.807, 2.05) is 19.9 Å². The summed E-state index contributed by atoms with van der Waals surface area (Å²) < 4.78 is 13.2. The molecule has 0 aromatic heterocycles. The Morgan fingerprint density at radius 3 is 2.77 bits per heavy atom. The Balaban J connectivity index is 2.77.